The molecule has 0 bridgehead atoms. The van der Waals surface area contributed by atoms with Crippen molar-refractivity contribution >= 4 is 22.6 Å². The zero-order valence-electron chi connectivity index (χ0n) is 8.81. The summed E-state index contributed by atoms with van der Waals surface area (Å²) in [5.41, 5.74) is 0. The molecule has 1 fully saturated rings. The van der Waals surface area contributed by atoms with Gasteiger partial charge in [0.15, 0.2) is 6.29 Å². The molecule has 0 N–H and O–H groups in total. The molecule has 2 heterocycles. The highest BCUT2D eigenvalue weighted by Gasteiger charge is 2.20. The number of hydrogen-bond acceptors (Lipinski definition) is 4. The van der Waals surface area contributed by atoms with E-state index < -0.39 is 0 Å². The predicted octanol–water partition coefficient (Wildman–Crippen LogP) is 2.18. The number of rotatable bonds is 3. The SMILES string of the molecule is CCC1CN(c2ccc(C=O)s2)CCO1. The van der Waals surface area contributed by atoms with Crippen LogP contribution in [0.1, 0.15) is 23.0 Å². The van der Waals surface area contributed by atoms with Gasteiger partial charge in [0.05, 0.1) is 22.6 Å². The lowest BCUT2D eigenvalue weighted by molar-refractivity contribution is 0.0386. The van der Waals surface area contributed by atoms with Crippen LogP contribution < -0.4 is 4.90 Å². The van der Waals surface area contributed by atoms with E-state index in [2.05, 4.69) is 11.8 Å². The summed E-state index contributed by atoms with van der Waals surface area (Å²) in [6.45, 7) is 4.79. The zero-order valence-corrected chi connectivity index (χ0v) is 9.63. The van der Waals surface area contributed by atoms with Gasteiger partial charge in [-0.3, -0.25) is 4.79 Å². The maximum absolute atomic E-state index is 10.6. The molecule has 1 atom stereocenters. The topological polar surface area (TPSA) is 29.5 Å². The minimum atomic E-state index is 0.334. The third-order valence-corrected chi connectivity index (χ3v) is 3.71. The zero-order chi connectivity index (χ0) is 10.7. The third kappa shape index (κ3) is 2.38. The van der Waals surface area contributed by atoms with Gasteiger partial charge in [0.2, 0.25) is 0 Å². The fraction of sp³-hybridized carbons (Fsp3) is 0.545. The fourth-order valence-corrected chi connectivity index (χ4v) is 2.60. The van der Waals surface area contributed by atoms with Gasteiger partial charge in [-0.25, -0.2) is 0 Å². The second-order valence-corrected chi connectivity index (χ2v) is 4.73. The monoisotopic (exact) mass is 225 g/mol. The molecular weight excluding hydrogens is 210 g/mol. The van der Waals surface area contributed by atoms with Crippen molar-refractivity contribution in [2.45, 2.75) is 19.4 Å². The van der Waals surface area contributed by atoms with E-state index in [-0.39, 0.29) is 0 Å². The summed E-state index contributed by atoms with van der Waals surface area (Å²) in [6, 6.07) is 3.90. The first-order valence-electron chi connectivity index (χ1n) is 5.25. The lowest BCUT2D eigenvalue weighted by Gasteiger charge is -2.33. The van der Waals surface area contributed by atoms with Crippen molar-refractivity contribution in [1.29, 1.82) is 0 Å². The highest BCUT2D eigenvalue weighted by Crippen LogP contribution is 2.26. The molecule has 3 nitrogen and oxygen atoms in total. The molecule has 0 aliphatic carbocycles. The summed E-state index contributed by atoms with van der Waals surface area (Å²) in [5.74, 6) is 0. The van der Waals surface area contributed by atoms with Gasteiger partial charge in [-0.05, 0) is 18.6 Å². The van der Waals surface area contributed by atoms with Gasteiger partial charge in [0.1, 0.15) is 0 Å². The van der Waals surface area contributed by atoms with Gasteiger partial charge in [-0.2, -0.15) is 0 Å². The molecule has 1 unspecified atom stereocenters. The first-order chi connectivity index (χ1) is 7.33. The number of carbonyl (C=O) groups excluding carboxylic acids is 1. The first-order valence-corrected chi connectivity index (χ1v) is 6.06. The number of carbonyl (C=O) groups is 1. The molecule has 0 amide bonds. The van der Waals surface area contributed by atoms with Crippen molar-refractivity contribution in [3.05, 3.63) is 17.0 Å². The highest BCUT2D eigenvalue weighted by atomic mass is 32.1. The molecule has 0 saturated carbocycles. The van der Waals surface area contributed by atoms with Gasteiger partial charge in [-0.1, -0.05) is 6.92 Å². The van der Waals surface area contributed by atoms with Crippen LogP contribution in [-0.4, -0.2) is 32.1 Å². The largest absolute Gasteiger partial charge is 0.375 e. The average Bonchev–Trinajstić information content (AvgIpc) is 2.78. The van der Waals surface area contributed by atoms with Crippen LogP contribution in [0.25, 0.3) is 0 Å². The molecule has 1 aromatic heterocycles. The van der Waals surface area contributed by atoms with Gasteiger partial charge in [0, 0.05) is 13.1 Å². The van der Waals surface area contributed by atoms with Crippen LogP contribution in [0, 0.1) is 0 Å². The van der Waals surface area contributed by atoms with E-state index in [1.807, 2.05) is 12.1 Å². The molecule has 82 valence electrons. The summed E-state index contributed by atoms with van der Waals surface area (Å²) in [7, 11) is 0. The Bertz CT molecular complexity index is 337. The second kappa shape index (κ2) is 4.77. The fourth-order valence-electron chi connectivity index (χ4n) is 1.74. The van der Waals surface area contributed by atoms with Crippen LogP contribution >= 0.6 is 11.3 Å². The molecule has 0 radical (unpaired) electrons. The van der Waals surface area contributed by atoms with Crippen molar-refractivity contribution in [2.75, 3.05) is 24.6 Å². The summed E-state index contributed by atoms with van der Waals surface area (Å²) >= 11 is 1.55. The number of thiophene rings is 1. The Kier molecular flexibility index (Phi) is 3.38. The van der Waals surface area contributed by atoms with Gasteiger partial charge >= 0.3 is 0 Å². The molecule has 1 saturated heterocycles. The Morgan fingerprint density at radius 2 is 2.53 bits per heavy atom. The molecule has 1 aromatic rings. The Hall–Kier alpha value is -0.870. The van der Waals surface area contributed by atoms with Gasteiger partial charge < -0.3 is 9.64 Å². The third-order valence-electron chi connectivity index (χ3n) is 2.63. The van der Waals surface area contributed by atoms with Crippen molar-refractivity contribution in [2.24, 2.45) is 0 Å². The van der Waals surface area contributed by atoms with Crippen molar-refractivity contribution in [3.8, 4) is 0 Å². The minimum absolute atomic E-state index is 0.334. The molecule has 4 heteroatoms. The highest BCUT2D eigenvalue weighted by molar-refractivity contribution is 7.17. The van der Waals surface area contributed by atoms with E-state index in [1.54, 1.807) is 11.3 Å². The molecule has 0 aromatic carbocycles. The molecule has 1 aliphatic heterocycles. The molecule has 1 aliphatic rings. The van der Waals surface area contributed by atoms with Crippen LogP contribution in [0.5, 0.6) is 0 Å². The maximum Gasteiger partial charge on any atom is 0.160 e. The van der Waals surface area contributed by atoms with E-state index >= 15 is 0 Å². The Morgan fingerprint density at radius 1 is 1.67 bits per heavy atom. The molecular formula is C11H15NO2S. The summed E-state index contributed by atoms with van der Waals surface area (Å²) < 4.78 is 5.61. The summed E-state index contributed by atoms with van der Waals surface area (Å²) in [5, 5.41) is 1.18. The van der Waals surface area contributed by atoms with Gasteiger partial charge in [0.25, 0.3) is 0 Å². The summed E-state index contributed by atoms with van der Waals surface area (Å²) in [6.07, 6.45) is 2.29. The number of aldehydes is 1. The molecule has 15 heavy (non-hydrogen) atoms. The molecule has 0 spiro atoms. The van der Waals surface area contributed by atoms with E-state index in [9.17, 15) is 4.79 Å². The quantitative estimate of drug-likeness (QED) is 0.738. The van der Waals surface area contributed by atoms with Crippen molar-refractivity contribution in [1.82, 2.24) is 0 Å². The Morgan fingerprint density at radius 3 is 3.20 bits per heavy atom. The minimum Gasteiger partial charge on any atom is -0.375 e. The lowest BCUT2D eigenvalue weighted by atomic mass is 10.2. The summed E-state index contributed by atoms with van der Waals surface area (Å²) in [4.78, 5) is 13.7. The van der Waals surface area contributed by atoms with E-state index in [1.165, 1.54) is 5.00 Å². The second-order valence-electron chi connectivity index (χ2n) is 3.64. The number of ether oxygens (including phenoxy) is 1. The average molecular weight is 225 g/mol. The number of morpholine rings is 1. The van der Waals surface area contributed by atoms with Crippen molar-refractivity contribution < 1.29 is 9.53 Å². The number of nitrogens with zero attached hydrogens (tertiary/aromatic N) is 1. The van der Waals surface area contributed by atoms with Crippen LogP contribution in [0.4, 0.5) is 5.00 Å². The van der Waals surface area contributed by atoms with E-state index in [4.69, 9.17) is 4.74 Å². The van der Waals surface area contributed by atoms with Crippen LogP contribution in [0.2, 0.25) is 0 Å². The maximum atomic E-state index is 10.6. The standard InChI is InChI=1S/C11H15NO2S/c1-2-9-7-12(5-6-14-9)11-4-3-10(8-13)15-11/h3-4,8-9H,2,5-7H2,1H3. The van der Waals surface area contributed by atoms with Crippen LogP contribution in [0.15, 0.2) is 12.1 Å². The number of hydrogen-bond donors (Lipinski definition) is 0. The van der Waals surface area contributed by atoms with Crippen LogP contribution in [0.3, 0.4) is 0 Å². The predicted molar refractivity (Wildman–Crippen MR) is 62.0 cm³/mol. The molecule has 2 rings (SSSR count). The lowest BCUT2D eigenvalue weighted by Crippen LogP contribution is -2.41. The Labute approximate surface area is 93.7 Å². The normalized spacial score (nSPS) is 21.7. The smallest absolute Gasteiger partial charge is 0.160 e. The van der Waals surface area contributed by atoms with E-state index in [0.29, 0.717) is 6.10 Å². The van der Waals surface area contributed by atoms with E-state index in [0.717, 1.165) is 37.3 Å². The van der Waals surface area contributed by atoms with Crippen molar-refractivity contribution in [3.63, 3.8) is 0 Å². The van der Waals surface area contributed by atoms with Gasteiger partial charge in [-0.15, -0.1) is 11.3 Å². The first kappa shape index (κ1) is 10.6. The number of anilines is 1. The Balaban J connectivity index is 2.06. The van der Waals surface area contributed by atoms with Crippen LogP contribution in [-0.2, 0) is 4.74 Å².